The number of carbonyl (C=O) groups is 1. The third-order valence-corrected chi connectivity index (χ3v) is 5.08. The molecule has 2 aliphatic carbocycles. The van der Waals surface area contributed by atoms with E-state index in [1.54, 1.807) is 7.11 Å². The van der Waals surface area contributed by atoms with E-state index >= 15 is 0 Å². The van der Waals surface area contributed by atoms with Crippen LogP contribution in [0.1, 0.15) is 37.7 Å². The van der Waals surface area contributed by atoms with Crippen LogP contribution in [0.25, 0.3) is 0 Å². The molecule has 3 rings (SSSR count). The van der Waals surface area contributed by atoms with Crippen molar-refractivity contribution in [2.45, 2.75) is 56.4 Å². The molecule has 1 aromatic rings. The highest BCUT2D eigenvalue weighted by Gasteiger charge is 2.39. The largest absolute Gasteiger partial charge is 0.445 e. The molecule has 2 saturated carbocycles. The quantitative estimate of drug-likeness (QED) is 0.811. The van der Waals surface area contributed by atoms with Gasteiger partial charge in [0.15, 0.2) is 0 Å². The Morgan fingerprint density at radius 1 is 1.22 bits per heavy atom. The van der Waals surface area contributed by atoms with E-state index in [9.17, 15) is 4.79 Å². The Labute approximate surface area is 137 Å². The van der Waals surface area contributed by atoms with Crippen LogP contribution >= 0.6 is 0 Å². The fourth-order valence-corrected chi connectivity index (χ4v) is 3.19. The van der Waals surface area contributed by atoms with Crippen molar-refractivity contribution in [3.63, 3.8) is 0 Å². The second kappa shape index (κ2) is 7.32. The van der Waals surface area contributed by atoms with Crippen LogP contribution in [0.5, 0.6) is 0 Å². The Kier molecular flexibility index (Phi) is 5.18. The molecular formula is C18H26N2O3. The smallest absolute Gasteiger partial charge is 0.407 e. The minimum absolute atomic E-state index is 0.0626. The summed E-state index contributed by atoms with van der Waals surface area (Å²) in [5, 5.41) is 6.48. The van der Waals surface area contributed by atoms with Crippen molar-refractivity contribution >= 4 is 6.09 Å². The average molecular weight is 318 g/mol. The maximum Gasteiger partial charge on any atom is 0.407 e. The number of alkyl carbamates (subject to hydrolysis) is 1. The molecule has 2 aliphatic rings. The number of rotatable bonds is 7. The molecular weight excluding hydrogens is 292 g/mol. The van der Waals surface area contributed by atoms with Gasteiger partial charge >= 0.3 is 6.09 Å². The zero-order valence-corrected chi connectivity index (χ0v) is 13.7. The van der Waals surface area contributed by atoms with Crippen LogP contribution in [-0.4, -0.2) is 37.4 Å². The van der Waals surface area contributed by atoms with E-state index in [-0.39, 0.29) is 17.7 Å². The predicted molar refractivity (Wildman–Crippen MR) is 88.2 cm³/mol. The maximum atomic E-state index is 11.8. The summed E-state index contributed by atoms with van der Waals surface area (Å²) in [6, 6.07) is 10.4. The van der Waals surface area contributed by atoms with Gasteiger partial charge in [-0.05, 0) is 37.7 Å². The molecule has 5 nitrogen and oxygen atoms in total. The second-order valence-electron chi connectivity index (χ2n) is 6.69. The van der Waals surface area contributed by atoms with Gasteiger partial charge in [0.2, 0.25) is 0 Å². The second-order valence-corrected chi connectivity index (χ2v) is 6.69. The molecule has 1 amide bonds. The van der Waals surface area contributed by atoms with Crippen molar-refractivity contribution in [3.05, 3.63) is 35.9 Å². The monoisotopic (exact) mass is 318 g/mol. The summed E-state index contributed by atoms with van der Waals surface area (Å²) in [4.78, 5) is 11.8. The zero-order valence-electron chi connectivity index (χ0n) is 13.7. The van der Waals surface area contributed by atoms with Crippen molar-refractivity contribution in [1.82, 2.24) is 10.6 Å². The van der Waals surface area contributed by atoms with Crippen molar-refractivity contribution < 1.29 is 14.3 Å². The molecule has 0 aliphatic heterocycles. The van der Waals surface area contributed by atoms with Crippen LogP contribution < -0.4 is 10.6 Å². The molecule has 0 bridgehead atoms. The first kappa shape index (κ1) is 16.3. The van der Waals surface area contributed by atoms with Gasteiger partial charge < -0.3 is 20.1 Å². The molecule has 0 spiro atoms. The highest BCUT2D eigenvalue weighted by atomic mass is 16.5. The molecule has 126 valence electrons. The van der Waals surface area contributed by atoms with Crippen LogP contribution in [0.3, 0.4) is 0 Å². The predicted octanol–water partition coefficient (Wildman–Crippen LogP) is 2.60. The molecule has 2 N–H and O–H groups in total. The van der Waals surface area contributed by atoms with E-state index in [1.807, 2.05) is 30.3 Å². The molecule has 0 radical (unpaired) electrons. The normalized spacial score (nSPS) is 25.1. The summed E-state index contributed by atoms with van der Waals surface area (Å²) in [6.07, 6.45) is 5.15. The van der Waals surface area contributed by atoms with Gasteiger partial charge in [-0.15, -0.1) is 0 Å². The summed E-state index contributed by atoms with van der Waals surface area (Å²) in [5.74, 6) is 0. The maximum absolute atomic E-state index is 11.8. The molecule has 0 aromatic heterocycles. The third kappa shape index (κ3) is 4.24. The number of benzene rings is 1. The lowest BCUT2D eigenvalue weighted by atomic mass is 9.79. The third-order valence-electron chi connectivity index (χ3n) is 5.08. The molecule has 5 heteroatoms. The van der Waals surface area contributed by atoms with Gasteiger partial charge in [0.25, 0.3) is 0 Å². The summed E-state index contributed by atoms with van der Waals surface area (Å²) >= 11 is 0. The average Bonchev–Trinajstić information content (AvgIpc) is 2.50. The first-order valence-corrected chi connectivity index (χ1v) is 8.45. The first-order valence-electron chi connectivity index (χ1n) is 8.45. The molecule has 0 saturated heterocycles. The van der Waals surface area contributed by atoms with E-state index in [4.69, 9.17) is 9.47 Å². The summed E-state index contributed by atoms with van der Waals surface area (Å²) < 4.78 is 10.8. The molecule has 1 aromatic carbocycles. The molecule has 0 heterocycles. The van der Waals surface area contributed by atoms with Crippen LogP contribution in [0.15, 0.2) is 30.3 Å². The first-order chi connectivity index (χ1) is 11.2. The lowest BCUT2D eigenvalue weighted by molar-refractivity contribution is -0.0726. The van der Waals surface area contributed by atoms with Crippen LogP contribution in [-0.2, 0) is 16.1 Å². The van der Waals surface area contributed by atoms with Gasteiger partial charge in [0, 0.05) is 25.7 Å². The van der Waals surface area contributed by atoms with Gasteiger partial charge in [-0.3, -0.25) is 0 Å². The number of methoxy groups -OCH3 is 1. The summed E-state index contributed by atoms with van der Waals surface area (Å²) in [7, 11) is 1.80. The van der Waals surface area contributed by atoms with E-state index < -0.39 is 0 Å². The number of hydrogen-bond acceptors (Lipinski definition) is 4. The molecule has 0 atom stereocenters. The standard InChI is InChI=1S/C18H26N2O3/c1-22-18(8-5-9-18)13-19-15-10-16(11-15)20-17(21)23-12-14-6-3-2-4-7-14/h2-4,6-7,15-16,19H,5,8-13H2,1H3,(H,20,21). The molecule has 2 fully saturated rings. The van der Waals surface area contributed by atoms with Crippen molar-refractivity contribution in [3.8, 4) is 0 Å². The van der Waals surface area contributed by atoms with Crippen molar-refractivity contribution in [2.75, 3.05) is 13.7 Å². The van der Waals surface area contributed by atoms with Crippen molar-refractivity contribution in [1.29, 1.82) is 0 Å². The number of nitrogens with one attached hydrogen (secondary N) is 2. The van der Waals surface area contributed by atoms with E-state index in [2.05, 4.69) is 10.6 Å². The van der Waals surface area contributed by atoms with Crippen molar-refractivity contribution in [2.24, 2.45) is 0 Å². The lowest BCUT2D eigenvalue weighted by Gasteiger charge is -2.44. The topological polar surface area (TPSA) is 59.6 Å². The summed E-state index contributed by atoms with van der Waals surface area (Å²) in [6.45, 7) is 1.23. The Balaban J connectivity index is 1.28. The lowest BCUT2D eigenvalue weighted by Crippen LogP contribution is -2.57. The Hall–Kier alpha value is -1.59. The van der Waals surface area contributed by atoms with Gasteiger partial charge in [-0.25, -0.2) is 4.79 Å². The highest BCUT2D eigenvalue weighted by molar-refractivity contribution is 5.67. The number of amides is 1. The van der Waals surface area contributed by atoms with Crippen LogP contribution in [0.4, 0.5) is 4.79 Å². The van der Waals surface area contributed by atoms with Gasteiger partial charge in [-0.1, -0.05) is 30.3 Å². The number of carbonyl (C=O) groups excluding carboxylic acids is 1. The van der Waals surface area contributed by atoms with Crippen LogP contribution in [0.2, 0.25) is 0 Å². The van der Waals surface area contributed by atoms with E-state index in [1.165, 1.54) is 6.42 Å². The zero-order chi connectivity index (χ0) is 16.1. The fraction of sp³-hybridized carbons (Fsp3) is 0.611. The summed E-state index contributed by atoms with van der Waals surface area (Å²) in [5.41, 5.74) is 1.06. The van der Waals surface area contributed by atoms with E-state index in [0.29, 0.717) is 12.6 Å². The molecule has 0 unspecified atom stereocenters. The van der Waals surface area contributed by atoms with E-state index in [0.717, 1.165) is 37.8 Å². The Morgan fingerprint density at radius 2 is 1.96 bits per heavy atom. The van der Waals surface area contributed by atoms with Gasteiger partial charge in [0.05, 0.1) is 5.60 Å². The Morgan fingerprint density at radius 3 is 2.57 bits per heavy atom. The number of ether oxygens (including phenoxy) is 2. The minimum atomic E-state index is -0.329. The fourth-order valence-electron chi connectivity index (χ4n) is 3.19. The Bertz CT molecular complexity index is 505. The number of hydrogen-bond donors (Lipinski definition) is 2. The van der Waals surface area contributed by atoms with Crippen LogP contribution in [0, 0.1) is 0 Å². The van der Waals surface area contributed by atoms with Gasteiger partial charge in [-0.2, -0.15) is 0 Å². The van der Waals surface area contributed by atoms with Gasteiger partial charge in [0.1, 0.15) is 6.61 Å². The SMILES string of the molecule is COC1(CNC2CC(NC(=O)OCc3ccccc3)C2)CCC1. The minimum Gasteiger partial charge on any atom is -0.445 e. The molecule has 23 heavy (non-hydrogen) atoms. The highest BCUT2D eigenvalue weighted by Crippen LogP contribution is 2.35.